The second-order valence-corrected chi connectivity index (χ2v) is 17.1. The number of hydrogen-bond donors (Lipinski definition) is 8. The van der Waals surface area contributed by atoms with E-state index >= 15 is 0 Å². The number of para-hydroxylation sites is 3. The first-order valence-corrected chi connectivity index (χ1v) is 23.1. The Morgan fingerprint density at radius 2 is 1.04 bits per heavy atom. The zero-order valence-electron chi connectivity index (χ0n) is 39.1. The lowest BCUT2D eigenvalue weighted by Crippen LogP contribution is -2.18. The molecule has 0 bridgehead atoms. The van der Waals surface area contributed by atoms with Crippen LogP contribution in [-0.2, 0) is 12.8 Å². The van der Waals surface area contributed by atoms with Crippen LogP contribution >= 0.6 is 0 Å². The van der Waals surface area contributed by atoms with Gasteiger partial charge < -0.3 is 55.1 Å². The Labute approximate surface area is 420 Å². The lowest BCUT2D eigenvalue weighted by Gasteiger charge is -2.26. The highest BCUT2D eigenvalue weighted by Gasteiger charge is 2.27. The van der Waals surface area contributed by atoms with Crippen molar-refractivity contribution in [3.8, 4) is 63.2 Å². The fourth-order valence-corrected chi connectivity index (χ4v) is 8.07. The summed E-state index contributed by atoms with van der Waals surface area (Å²) in [7, 11) is 0. The van der Waals surface area contributed by atoms with Crippen molar-refractivity contribution in [3.63, 3.8) is 0 Å². The molecule has 0 saturated carbocycles. The molecule has 73 heavy (non-hydrogen) atoms. The Morgan fingerprint density at radius 1 is 0.507 bits per heavy atom. The second-order valence-electron chi connectivity index (χ2n) is 17.1. The molecule has 0 saturated heterocycles. The fraction of sp³-hybridized carbons (Fsp3) is 0.100. The van der Waals surface area contributed by atoms with Crippen LogP contribution in [0.3, 0.4) is 0 Å². The summed E-state index contributed by atoms with van der Waals surface area (Å²) in [5, 5.41) is 74.8. The van der Waals surface area contributed by atoms with Crippen LogP contribution in [0.5, 0.6) is 63.2 Å². The van der Waals surface area contributed by atoms with E-state index in [-0.39, 0.29) is 75.3 Å². The third kappa shape index (κ3) is 12.6. The van der Waals surface area contributed by atoms with Gasteiger partial charge in [0.1, 0.15) is 23.4 Å². The minimum atomic E-state index is -0.239. The number of hydrogen-bond acceptors (Lipinski definition) is 13. The lowest BCUT2D eigenvalue weighted by molar-refractivity contribution is 0.101. The topological polar surface area (TPSA) is 224 Å². The SMILES string of the molecule is O=C(/C=C/c1ccc(O)c(O)c1)c1ccccc1.O=C1/C(=C/c2ccc(O)c(O)c2)Oc2ccccc21.Oc1ccc(C2CCc3ccccc3O2)cc1O.Oc1ccc(C2COc3ccccc3C2)cc1O. The standard InChI is InChI=1S/C15H10O4.2C15H14O3.C15H12O3/c16-11-6-5-9(7-12(11)17)8-14-15(18)10-3-1-2-4-13(10)19-14;16-12-7-5-11(9-13(12)17)15-8-6-10-3-1-2-4-14(10)18-15;16-13-6-5-10(8-14(13)17)12-7-11-3-1-2-4-15(11)18-9-12;16-13(12-4-2-1-3-5-12)8-6-11-7-9-14(17)15(18)10-11/h1-8,16-17H;1-5,7,9,15-17H,6,8H2;1-6,8,12,16-17H,7,9H2;1-10,17-18H/b14-8-;;;8-6+. The molecule has 0 amide bonds. The van der Waals surface area contributed by atoms with Gasteiger partial charge in [-0.15, -0.1) is 0 Å². The number of ketones is 2. The van der Waals surface area contributed by atoms with Crippen molar-refractivity contribution < 1.29 is 64.7 Å². The molecule has 0 aromatic heterocycles. The van der Waals surface area contributed by atoms with Crippen LogP contribution in [-0.4, -0.2) is 59.0 Å². The fourth-order valence-electron chi connectivity index (χ4n) is 8.07. The van der Waals surface area contributed by atoms with Crippen molar-refractivity contribution in [3.05, 3.63) is 232 Å². The zero-order chi connectivity index (χ0) is 51.4. The predicted octanol–water partition coefficient (Wildman–Crippen LogP) is 11.7. The minimum absolute atomic E-state index is 0.0635. The van der Waals surface area contributed by atoms with Gasteiger partial charge in [0.05, 0.1) is 12.2 Å². The van der Waals surface area contributed by atoms with Crippen molar-refractivity contribution >= 4 is 23.7 Å². The average molecular weight is 979 g/mol. The zero-order valence-corrected chi connectivity index (χ0v) is 39.1. The molecule has 13 heteroatoms. The summed E-state index contributed by atoms with van der Waals surface area (Å²) in [4.78, 5) is 23.8. The number of allylic oxidation sites excluding steroid dienone is 2. The predicted molar refractivity (Wildman–Crippen MR) is 275 cm³/mol. The van der Waals surface area contributed by atoms with E-state index in [0.29, 0.717) is 34.6 Å². The Kier molecular flexibility index (Phi) is 15.6. The highest BCUT2D eigenvalue weighted by atomic mass is 16.5. The maximum atomic E-state index is 12.0. The molecule has 11 rings (SSSR count). The van der Waals surface area contributed by atoms with Gasteiger partial charge in [0.25, 0.3) is 0 Å². The summed E-state index contributed by atoms with van der Waals surface area (Å²) in [6, 6.07) is 50.4. The van der Waals surface area contributed by atoms with Crippen molar-refractivity contribution in [2.45, 2.75) is 31.3 Å². The Balaban J connectivity index is 0.000000130. The number of aromatic hydroxyl groups is 8. The number of carbonyl (C=O) groups excluding carboxylic acids is 2. The van der Waals surface area contributed by atoms with E-state index in [4.69, 9.17) is 19.3 Å². The van der Waals surface area contributed by atoms with Crippen LogP contribution in [0.2, 0.25) is 0 Å². The van der Waals surface area contributed by atoms with Gasteiger partial charge in [0.2, 0.25) is 5.78 Å². The van der Waals surface area contributed by atoms with E-state index in [1.54, 1.807) is 84.9 Å². The lowest BCUT2D eigenvalue weighted by atomic mass is 9.90. The monoisotopic (exact) mass is 978 g/mol. The number of Topliss-reactive ketones (excluding diaryl/α,β-unsaturated/α-hetero) is 1. The quantitative estimate of drug-likeness (QED) is 0.0442. The third-order valence-electron chi connectivity index (χ3n) is 12.0. The molecular weight excluding hydrogens is 929 g/mol. The molecule has 0 fully saturated rings. The van der Waals surface area contributed by atoms with E-state index in [1.165, 1.54) is 59.7 Å². The molecule has 2 atom stereocenters. The molecule has 0 radical (unpaired) electrons. The van der Waals surface area contributed by atoms with E-state index in [0.717, 1.165) is 41.9 Å². The molecule has 3 aliphatic rings. The number of rotatable bonds is 6. The maximum absolute atomic E-state index is 12.0. The molecule has 0 spiro atoms. The Bertz CT molecular complexity index is 3220. The van der Waals surface area contributed by atoms with Crippen LogP contribution in [0.15, 0.2) is 188 Å². The maximum Gasteiger partial charge on any atom is 0.231 e. The molecule has 8 N–H and O–H groups in total. The average Bonchev–Trinajstić information content (AvgIpc) is 3.73. The number of carbonyl (C=O) groups is 2. The normalized spacial score (nSPS) is 15.5. The first-order valence-electron chi connectivity index (χ1n) is 23.1. The number of ether oxygens (including phenoxy) is 3. The smallest absolute Gasteiger partial charge is 0.231 e. The first-order chi connectivity index (χ1) is 35.3. The van der Waals surface area contributed by atoms with Gasteiger partial charge in [0.15, 0.2) is 57.5 Å². The van der Waals surface area contributed by atoms with Crippen molar-refractivity contribution in [1.29, 1.82) is 0 Å². The van der Waals surface area contributed by atoms with Crippen molar-refractivity contribution in [2.24, 2.45) is 0 Å². The molecule has 368 valence electrons. The number of aryl methyl sites for hydroxylation is 1. The van der Waals surface area contributed by atoms with Gasteiger partial charge in [-0.1, -0.05) is 109 Å². The molecule has 3 heterocycles. The molecule has 2 unspecified atom stereocenters. The van der Waals surface area contributed by atoms with Gasteiger partial charge in [-0.2, -0.15) is 0 Å². The van der Waals surface area contributed by atoms with Gasteiger partial charge in [-0.3, -0.25) is 9.59 Å². The summed E-state index contributed by atoms with van der Waals surface area (Å²) in [5.74, 6) is 1.29. The number of phenols is 8. The highest BCUT2D eigenvalue weighted by Crippen LogP contribution is 2.39. The van der Waals surface area contributed by atoms with Gasteiger partial charge >= 0.3 is 0 Å². The minimum Gasteiger partial charge on any atom is -0.504 e. The van der Waals surface area contributed by atoms with E-state index in [2.05, 4.69) is 12.1 Å². The third-order valence-corrected chi connectivity index (χ3v) is 12.0. The second kappa shape index (κ2) is 22.9. The van der Waals surface area contributed by atoms with Gasteiger partial charge in [0, 0.05) is 11.5 Å². The number of phenolic OH excluding ortho intramolecular Hbond substituents is 8. The largest absolute Gasteiger partial charge is 0.504 e. The van der Waals surface area contributed by atoms with Crippen LogP contribution < -0.4 is 14.2 Å². The van der Waals surface area contributed by atoms with Gasteiger partial charge in [-0.05, 0) is 138 Å². The number of fused-ring (bicyclic) bond motifs is 3. The molecule has 3 aliphatic heterocycles. The molecule has 13 nitrogen and oxygen atoms in total. The highest BCUT2D eigenvalue weighted by molar-refractivity contribution is 6.14. The number of benzene rings is 8. The molecule has 8 aromatic rings. The Hall–Kier alpha value is -9.62. The summed E-state index contributed by atoms with van der Waals surface area (Å²) >= 11 is 0. The summed E-state index contributed by atoms with van der Waals surface area (Å²) < 4.78 is 17.1. The van der Waals surface area contributed by atoms with E-state index < -0.39 is 0 Å². The van der Waals surface area contributed by atoms with Crippen LogP contribution in [0, 0.1) is 0 Å². The van der Waals surface area contributed by atoms with Crippen molar-refractivity contribution in [1.82, 2.24) is 0 Å². The summed E-state index contributed by atoms with van der Waals surface area (Å²) in [6.45, 7) is 0.598. The van der Waals surface area contributed by atoms with Crippen molar-refractivity contribution in [2.75, 3.05) is 6.61 Å². The van der Waals surface area contributed by atoms with Gasteiger partial charge in [-0.25, -0.2) is 0 Å². The first kappa shape index (κ1) is 49.8. The molecular formula is C60H50O13. The van der Waals surface area contributed by atoms with Crippen LogP contribution in [0.1, 0.15) is 72.5 Å². The molecule has 0 aliphatic carbocycles. The summed E-state index contributed by atoms with van der Waals surface area (Å²) in [6.07, 6.45) is 7.22. The molecule has 8 aromatic carbocycles. The van der Waals surface area contributed by atoms with Crippen LogP contribution in [0.4, 0.5) is 0 Å². The van der Waals surface area contributed by atoms with E-state index in [1.807, 2.05) is 48.5 Å². The van der Waals surface area contributed by atoms with E-state index in [9.17, 15) is 45.3 Å². The van der Waals surface area contributed by atoms with Crippen LogP contribution in [0.25, 0.3) is 12.2 Å². The summed E-state index contributed by atoms with van der Waals surface area (Å²) in [5.41, 5.74) is 6.63. The Morgan fingerprint density at radius 3 is 1.70 bits per heavy atom.